The van der Waals surface area contributed by atoms with Gasteiger partial charge in [0.1, 0.15) is 0 Å². The summed E-state index contributed by atoms with van der Waals surface area (Å²) < 4.78 is 15.9. The molecule has 1 fully saturated rings. The number of nitrogens with zero attached hydrogens (tertiary/aromatic N) is 2. The third-order valence-electron chi connectivity index (χ3n) is 3.58. The summed E-state index contributed by atoms with van der Waals surface area (Å²) in [6.45, 7) is 1.02. The highest BCUT2D eigenvalue weighted by Gasteiger charge is 2.19. The van der Waals surface area contributed by atoms with E-state index in [1.54, 1.807) is 26.4 Å². The van der Waals surface area contributed by atoms with Gasteiger partial charge in [0.15, 0.2) is 11.5 Å². The van der Waals surface area contributed by atoms with Gasteiger partial charge in [-0.05, 0) is 12.1 Å². The zero-order valence-electron chi connectivity index (χ0n) is 13.0. The van der Waals surface area contributed by atoms with E-state index >= 15 is 0 Å². The number of hydrogen-bond acceptors (Lipinski definition) is 7. The Morgan fingerprint density at radius 3 is 2.96 bits per heavy atom. The van der Waals surface area contributed by atoms with Crippen molar-refractivity contribution in [2.75, 3.05) is 32.3 Å². The SMILES string of the molecule is COc1cc(-c2noc(CC3CSCCN3)n2)cc(Cl)c1OC. The summed E-state index contributed by atoms with van der Waals surface area (Å²) in [5, 5.41) is 7.94. The molecule has 0 radical (unpaired) electrons. The lowest BCUT2D eigenvalue weighted by Gasteiger charge is -2.21. The molecule has 0 amide bonds. The predicted octanol–water partition coefficient (Wildman–Crippen LogP) is 2.65. The fraction of sp³-hybridized carbons (Fsp3) is 0.467. The fourth-order valence-corrected chi connectivity index (χ4v) is 3.70. The van der Waals surface area contributed by atoms with E-state index in [2.05, 4.69) is 15.5 Å². The van der Waals surface area contributed by atoms with Crippen molar-refractivity contribution in [3.63, 3.8) is 0 Å². The van der Waals surface area contributed by atoms with Crippen LogP contribution in [0.5, 0.6) is 11.5 Å². The van der Waals surface area contributed by atoms with Crippen molar-refractivity contribution < 1.29 is 14.0 Å². The topological polar surface area (TPSA) is 69.4 Å². The Bertz CT molecular complexity index is 674. The molecule has 0 spiro atoms. The molecule has 3 rings (SSSR count). The number of methoxy groups -OCH3 is 2. The Kier molecular flexibility index (Phi) is 5.30. The van der Waals surface area contributed by atoms with Gasteiger partial charge < -0.3 is 19.3 Å². The molecule has 1 aliphatic heterocycles. The zero-order valence-corrected chi connectivity index (χ0v) is 14.5. The first-order valence-electron chi connectivity index (χ1n) is 7.27. The predicted molar refractivity (Wildman–Crippen MR) is 90.7 cm³/mol. The molecule has 1 atom stereocenters. The van der Waals surface area contributed by atoms with Gasteiger partial charge >= 0.3 is 0 Å². The van der Waals surface area contributed by atoms with E-state index in [1.807, 2.05) is 11.8 Å². The molecule has 0 saturated carbocycles. The summed E-state index contributed by atoms with van der Waals surface area (Å²) in [7, 11) is 3.11. The Morgan fingerprint density at radius 2 is 2.26 bits per heavy atom. The third kappa shape index (κ3) is 3.73. The van der Waals surface area contributed by atoms with Gasteiger partial charge in [-0.3, -0.25) is 0 Å². The summed E-state index contributed by atoms with van der Waals surface area (Å²) in [6, 6.07) is 3.90. The van der Waals surface area contributed by atoms with Gasteiger partial charge in [0.2, 0.25) is 11.7 Å². The zero-order chi connectivity index (χ0) is 16.2. The van der Waals surface area contributed by atoms with Crippen LogP contribution in [0, 0.1) is 0 Å². The van der Waals surface area contributed by atoms with Crippen molar-refractivity contribution in [2.24, 2.45) is 0 Å². The van der Waals surface area contributed by atoms with Crippen LogP contribution in [0.2, 0.25) is 5.02 Å². The largest absolute Gasteiger partial charge is 0.493 e. The maximum absolute atomic E-state index is 6.22. The summed E-state index contributed by atoms with van der Waals surface area (Å²) in [4.78, 5) is 4.46. The van der Waals surface area contributed by atoms with Crippen LogP contribution in [0.4, 0.5) is 0 Å². The van der Waals surface area contributed by atoms with Crippen molar-refractivity contribution in [1.82, 2.24) is 15.5 Å². The minimum atomic E-state index is 0.371. The minimum Gasteiger partial charge on any atom is -0.493 e. The number of thioether (sulfide) groups is 1. The van der Waals surface area contributed by atoms with Crippen LogP contribution in [0.15, 0.2) is 16.7 Å². The van der Waals surface area contributed by atoms with Crippen LogP contribution < -0.4 is 14.8 Å². The first kappa shape index (κ1) is 16.4. The molecule has 1 unspecified atom stereocenters. The monoisotopic (exact) mass is 355 g/mol. The Hall–Kier alpha value is -1.44. The molecule has 6 nitrogen and oxygen atoms in total. The van der Waals surface area contributed by atoms with Crippen molar-refractivity contribution in [2.45, 2.75) is 12.5 Å². The molecule has 1 aromatic carbocycles. The lowest BCUT2D eigenvalue weighted by atomic mass is 10.2. The fourth-order valence-electron chi connectivity index (χ4n) is 2.46. The molecule has 0 bridgehead atoms. The number of nitrogens with one attached hydrogen (secondary N) is 1. The third-order valence-corrected chi connectivity index (χ3v) is 4.99. The molecular formula is C15H18ClN3O3S. The van der Waals surface area contributed by atoms with E-state index in [9.17, 15) is 0 Å². The van der Waals surface area contributed by atoms with E-state index in [0.717, 1.165) is 30.0 Å². The molecule has 23 heavy (non-hydrogen) atoms. The van der Waals surface area contributed by atoms with Crippen LogP contribution in [0.25, 0.3) is 11.4 Å². The molecule has 8 heteroatoms. The quantitative estimate of drug-likeness (QED) is 0.884. The number of aromatic nitrogens is 2. The van der Waals surface area contributed by atoms with E-state index < -0.39 is 0 Å². The average molecular weight is 356 g/mol. The molecule has 1 aromatic heterocycles. The number of benzene rings is 1. The van der Waals surface area contributed by atoms with Crippen molar-refractivity contribution in [3.8, 4) is 22.9 Å². The van der Waals surface area contributed by atoms with Crippen LogP contribution in [0.1, 0.15) is 5.89 Å². The first-order chi connectivity index (χ1) is 11.2. The first-order valence-corrected chi connectivity index (χ1v) is 8.80. The second-order valence-corrected chi connectivity index (χ2v) is 6.69. The molecule has 2 heterocycles. The lowest BCUT2D eigenvalue weighted by Crippen LogP contribution is -2.38. The summed E-state index contributed by atoms with van der Waals surface area (Å²) >= 11 is 8.16. The number of rotatable bonds is 5. The van der Waals surface area contributed by atoms with Crippen molar-refractivity contribution >= 4 is 23.4 Å². The Balaban J connectivity index is 1.81. The van der Waals surface area contributed by atoms with E-state index in [0.29, 0.717) is 34.3 Å². The van der Waals surface area contributed by atoms with Crippen LogP contribution in [0.3, 0.4) is 0 Å². The second kappa shape index (κ2) is 7.42. The Morgan fingerprint density at radius 1 is 1.39 bits per heavy atom. The number of ether oxygens (including phenoxy) is 2. The van der Waals surface area contributed by atoms with E-state index in [4.69, 9.17) is 25.6 Å². The molecule has 1 N–H and O–H groups in total. The van der Waals surface area contributed by atoms with Crippen molar-refractivity contribution in [3.05, 3.63) is 23.0 Å². The van der Waals surface area contributed by atoms with Crippen LogP contribution in [-0.2, 0) is 6.42 Å². The summed E-state index contributed by atoms with van der Waals surface area (Å²) in [5.41, 5.74) is 0.730. The maximum Gasteiger partial charge on any atom is 0.228 e. The summed E-state index contributed by atoms with van der Waals surface area (Å²) in [5.74, 6) is 4.34. The number of halogens is 1. The van der Waals surface area contributed by atoms with Gasteiger partial charge in [-0.25, -0.2) is 0 Å². The molecule has 124 valence electrons. The summed E-state index contributed by atoms with van der Waals surface area (Å²) in [6.07, 6.45) is 0.723. The smallest absolute Gasteiger partial charge is 0.228 e. The van der Waals surface area contributed by atoms with Crippen LogP contribution in [-0.4, -0.2) is 48.5 Å². The number of hydrogen-bond donors (Lipinski definition) is 1. The minimum absolute atomic E-state index is 0.371. The molecule has 1 aliphatic rings. The molecule has 2 aromatic rings. The highest BCUT2D eigenvalue weighted by molar-refractivity contribution is 7.99. The lowest BCUT2D eigenvalue weighted by molar-refractivity contribution is 0.355. The highest BCUT2D eigenvalue weighted by atomic mass is 35.5. The Labute approximate surface area is 143 Å². The van der Waals surface area contributed by atoms with E-state index in [-0.39, 0.29) is 0 Å². The van der Waals surface area contributed by atoms with Gasteiger partial charge in [0, 0.05) is 36.1 Å². The van der Waals surface area contributed by atoms with Gasteiger partial charge in [0.05, 0.1) is 19.2 Å². The van der Waals surface area contributed by atoms with Gasteiger partial charge in [-0.2, -0.15) is 16.7 Å². The highest BCUT2D eigenvalue weighted by Crippen LogP contribution is 2.38. The van der Waals surface area contributed by atoms with Crippen molar-refractivity contribution in [1.29, 1.82) is 0 Å². The normalized spacial score (nSPS) is 18.0. The van der Waals surface area contributed by atoms with Gasteiger partial charge in [-0.1, -0.05) is 16.8 Å². The standard InChI is InChI=1S/C15H18ClN3O3S/c1-20-12-6-9(5-11(16)14(12)21-2)15-18-13(22-19-15)7-10-8-23-4-3-17-10/h5-6,10,17H,3-4,7-8H2,1-2H3. The molecule has 0 aliphatic carbocycles. The second-order valence-electron chi connectivity index (χ2n) is 5.14. The van der Waals surface area contributed by atoms with Gasteiger partial charge in [-0.15, -0.1) is 0 Å². The van der Waals surface area contributed by atoms with Gasteiger partial charge in [0.25, 0.3) is 0 Å². The van der Waals surface area contributed by atoms with Crippen LogP contribution >= 0.6 is 23.4 Å². The molecule has 1 saturated heterocycles. The average Bonchev–Trinajstić information content (AvgIpc) is 3.03. The molecular weight excluding hydrogens is 338 g/mol. The maximum atomic E-state index is 6.22. The van der Waals surface area contributed by atoms with E-state index in [1.165, 1.54) is 0 Å².